The van der Waals surface area contributed by atoms with E-state index in [1.807, 2.05) is 0 Å². The number of nitrogens with zero attached hydrogens (tertiary/aromatic N) is 4. The van der Waals surface area contributed by atoms with Gasteiger partial charge in [0.25, 0.3) is 13.4 Å². The maximum absolute atomic E-state index is 2.85. The monoisotopic (exact) mass is 1070 g/mol. The number of benzene rings is 8. The van der Waals surface area contributed by atoms with Gasteiger partial charge in [0.05, 0.1) is 22.2 Å². The number of fused-ring (bicyclic) bond motifs is 15. The van der Waals surface area contributed by atoms with Gasteiger partial charge in [0.15, 0.2) is 0 Å². The number of hydrogen-bond acceptors (Lipinski definition) is 2. The molecule has 1 atom stereocenters. The van der Waals surface area contributed by atoms with E-state index < -0.39 is 0 Å². The largest absolute Gasteiger partial charge is 0.314 e. The summed E-state index contributed by atoms with van der Waals surface area (Å²) in [5, 5.41) is 5.38. The van der Waals surface area contributed by atoms with E-state index in [4.69, 9.17) is 0 Å². The van der Waals surface area contributed by atoms with Gasteiger partial charge in [-0.15, -0.1) is 0 Å². The molecule has 0 saturated carbocycles. The second-order valence-electron chi connectivity index (χ2n) is 29.9. The van der Waals surface area contributed by atoms with Crippen molar-refractivity contribution in [3.63, 3.8) is 0 Å². The molecule has 4 nitrogen and oxygen atoms in total. The Morgan fingerprint density at radius 1 is 0.427 bits per heavy atom. The molecule has 2 aromatic heterocycles. The quantitative estimate of drug-likeness (QED) is 0.160. The lowest BCUT2D eigenvalue weighted by molar-refractivity contribution is 0.587. The molecule has 0 amide bonds. The van der Waals surface area contributed by atoms with Gasteiger partial charge in [0, 0.05) is 72.8 Å². The summed E-state index contributed by atoms with van der Waals surface area (Å²) >= 11 is 0. The van der Waals surface area contributed by atoms with Gasteiger partial charge in [0.2, 0.25) is 0 Å². The average Bonchev–Trinajstić information content (AvgIpc) is 1.35. The smallest absolute Gasteiger partial charge is 0.252 e. The van der Waals surface area contributed by atoms with E-state index in [1.54, 1.807) is 0 Å². The summed E-state index contributed by atoms with van der Waals surface area (Å²) in [6.45, 7) is 42.8. The molecule has 6 heteroatoms. The first-order valence-corrected chi connectivity index (χ1v) is 30.5. The molecular weight excluding hydrogens is 990 g/mol. The Balaban J connectivity index is 1.14. The number of hydrogen-bond donors (Lipinski definition) is 0. The van der Waals surface area contributed by atoms with Crippen LogP contribution in [0.1, 0.15) is 149 Å². The highest BCUT2D eigenvalue weighted by Crippen LogP contribution is 2.51. The molecule has 15 rings (SSSR count). The molecule has 8 aromatic carbocycles. The molecule has 82 heavy (non-hydrogen) atoms. The summed E-state index contributed by atoms with van der Waals surface area (Å²) in [6, 6.07) is 49.4. The third-order valence-corrected chi connectivity index (χ3v) is 19.8. The highest BCUT2D eigenvalue weighted by Gasteiger charge is 2.50. The fraction of sp³-hybridized carbons (Fsp3) is 0.316. The molecule has 5 aliphatic rings. The predicted octanol–water partition coefficient (Wildman–Crippen LogP) is 16.2. The Kier molecular flexibility index (Phi) is 10.4. The topological polar surface area (TPSA) is 16.3 Å². The molecule has 0 saturated heterocycles. The Morgan fingerprint density at radius 2 is 0.963 bits per heavy atom. The molecule has 4 aliphatic heterocycles. The van der Waals surface area contributed by atoms with Gasteiger partial charge >= 0.3 is 0 Å². The second-order valence-corrected chi connectivity index (χ2v) is 29.9. The van der Waals surface area contributed by atoms with Gasteiger partial charge in [-0.1, -0.05) is 162 Å². The maximum atomic E-state index is 2.85. The lowest BCUT2D eigenvalue weighted by Crippen LogP contribution is -2.64. The molecule has 10 aromatic rings. The Labute approximate surface area is 487 Å². The molecule has 0 radical (unpaired) electrons. The maximum Gasteiger partial charge on any atom is 0.252 e. The average molecular weight is 1070 g/mol. The minimum absolute atomic E-state index is 0.00147. The van der Waals surface area contributed by atoms with Crippen molar-refractivity contribution in [2.75, 3.05) is 9.80 Å². The predicted molar refractivity (Wildman–Crippen MR) is 357 cm³/mol. The second kappa shape index (κ2) is 16.6. The van der Waals surface area contributed by atoms with Gasteiger partial charge in [-0.05, 0) is 201 Å². The third kappa shape index (κ3) is 6.93. The van der Waals surface area contributed by atoms with Crippen LogP contribution in [-0.4, -0.2) is 22.6 Å². The Hall–Kier alpha value is -7.43. The van der Waals surface area contributed by atoms with E-state index in [9.17, 15) is 0 Å². The number of aromatic nitrogens is 2. The van der Waals surface area contributed by atoms with Crippen LogP contribution in [0, 0.1) is 26.7 Å². The van der Waals surface area contributed by atoms with E-state index in [0.717, 1.165) is 6.42 Å². The molecule has 6 heterocycles. The minimum Gasteiger partial charge on any atom is -0.314 e. The number of rotatable bonds is 2. The fourth-order valence-electron chi connectivity index (χ4n) is 16.3. The van der Waals surface area contributed by atoms with Crippen molar-refractivity contribution in [2.24, 2.45) is 5.92 Å². The van der Waals surface area contributed by atoms with Crippen LogP contribution in [0.3, 0.4) is 0 Å². The van der Waals surface area contributed by atoms with Gasteiger partial charge in [-0.3, -0.25) is 0 Å². The minimum atomic E-state index is -0.201. The summed E-state index contributed by atoms with van der Waals surface area (Å²) in [6.07, 6.45) is 3.51. The number of anilines is 5. The zero-order valence-corrected chi connectivity index (χ0v) is 51.9. The van der Waals surface area contributed by atoms with E-state index in [-0.39, 0.29) is 41.0 Å². The lowest BCUT2D eigenvalue weighted by Gasteiger charge is -2.47. The lowest BCUT2D eigenvalue weighted by atomic mass is 9.31. The van der Waals surface area contributed by atoms with Crippen LogP contribution in [0.5, 0.6) is 0 Å². The SMILES string of the molecule is CC1=CC(C)=C(N2c3cc4c(cc3B3c5ccccc5-n5c6ccc(C(C)(C)C)cc6c6cc(C(C)(C)C)c2c3c65)N(c2c(C)cc(C)cc2C)c2cccc3c2B4c2cc(C(C)(C)C)cc4c5cc(C(C)(C)C)ccc5n-3c24)C(C)C1. The van der Waals surface area contributed by atoms with E-state index in [2.05, 4.69) is 271 Å². The van der Waals surface area contributed by atoms with Gasteiger partial charge < -0.3 is 18.9 Å². The highest BCUT2D eigenvalue weighted by atomic mass is 15.2. The summed E-state index contributed by atoms with van der Waals surface area (Å²) in [4.78, 5) is 5.57. The standard InChI is InChI=1S/C76H78B2N4/c1-41-30-43(3)68(44(4)31-41)81-63-25-21-24-62-66(63)78(58-37-49(75(13,14)15)36-52-50-34-47(73(7,8)9)27-29-60(50)80(62)70(52)58)56-40-65-57(39-64(56)81)77-55-22-19-20-23-61(55)79-59-28-26-48(74(10,11)12)35-51(59)53-38-54(76(16,17)18)72(67(77)71(53)79)82(65)69-45(5)32-42(2)33-46(69)6/h19-32,34-40,46H,33H2,1-18H3. The zero-order chi connectivity index (χ0) is 57.5. The summed E-state index contributed by atoms with van der Waals surface area (Å²) in [5.41, 5.74) is 35.9. The zero-order valence-electron chi connectivity index (χ0n) is 51.9. The summed E-state index contributed by atoms with van der Waals surface area (Å²) < 4.78 is 5.32. The van der Waals surface area contributed by atoms with Crippen LogP contribution in [0.4, 0.5) is 28.4 Å². The molecule has 0 fully saturated rings. The Morgan fingerprint density at radius 3 is 1.56 bits per heavy atom. The summed E-state index contributed by atoms with van der Waals surface area (Å²) in [7, 11) is 0. The molecule has 0 bridgehead atoms. The molecule has 1 unspecified atom stereocenters. The van der Waals surface area contributed by atoms with E-state index >= 15 is 0 Å². The first-order valence-electron chi connectivity index (χ1n) is 30.5. The van der Waals surface area contributed by atoms with Crippen molar-refractivity contribution >= 4 is 118 Å². The van der Waals surface area contributed by atoms with Gasteiger partial charge in [-0.25, -0.2) is 0 Å². The molecule has 0 N–H and O–H groups in total. The van der Waals surface area contributed by atoms with Crippen molar-refractivity contribution < 1.29 is 0 Å². The number of aryl methyl sites for hydroxylation is 3. The van der Waals surface area contributed by atoms with E-state index in [1.165, 1.54) is 172 Å². The van der Waals surface area contributed by atoms with Crippen molar-refractivity contribution in [3.05, 3.63) is 183 Å². The molecule has 1 aliphatic carbocycles. The highest BCUT2D eigenvalue weighted by molar-refractivity contribution is 7.02. The van der Waals surface area contributed by atoms with Gasteiger partial charge in [-0.2, -0.15) is 0 Å². The van der Waals surface area contributed by atoms with Gasteiger partial charge in [0.1, 0.15) is 0 Å². The normalized spacial score (nSPS) is 16.4. The molecular formula is C76H78B2N4. The van der Waals surface area contributed by atoms with Crippen molar-refractivity contribution in [1.29, 1.82) is 0 Å². The van der Waals surface area contributed by atoms with Crippen molar-refractivity contribution in [2.45, 2.75) is 153 Å². The fourth-order valence-corrected chi connectivity index (χ4v) is 16.3. The Bertz CT molecular complexity index is 4590. The van der Waals surface area contributed by atoms with Crippen LogP contribution in [0.15, 0.2) is 144 Å². The first kappa shape index (κ1) is 51.5. The molecule has 408 valence electrons. The van der Waals surface area contributed by atoms with Crippen molar-refractivity contribution in [1.82, 2.24) is 9.13 Å². The van der Waals surface area contributed by atoms with Crippen molar-refractivity contribution in [3.8, 4) is 11.4 Å². The van der Waals surface area contributed by atoms with Crippen LogP contribution in [-0.2, 0) is 21.7 Å². The van der Waals surface area contributed by atoms with Crippen LogP contribution >= 0.6 is 0 Å². The third-order valence-electron chi connectivity index (χ3n) is 19.8. The van der Waals surface area contributed by atoms with E-state index in [0.29, 0.717) is 0 Å². The number of para-hydroxylation sites is 1. The first-order chi connectivity index (χ1) is 38.7. The van der Waals surface area contributed by atoms with Crippen LogP contribution < -0.4 is 42.6 Å². The van der Waals surface area contributed by atoms with Crippen LogP contribution in [0.2, 0.25) is 0 Å². The molecule has 0 spiro atoms. The van der Waals surface area contributed by atoms with Crippen LogP contribution in [0.25, 0.3) is 55.0 Å². The number of allylic oxidation sites excluding steroid dienone is 4. The summed E-state index contributed by atoms with van der Waals surface area (Å²) in [5.74, 6) is 0.283.